The fourth-order valence-corrected chi connectivity index (χ4v) is 6.22. The van der Waals surface area contributed by atoms with Gasteiger partial charge in [0, 0.05) is 38.9 Å². The number of sulfonamides is 1. The fourth-order valence-electron chi connectivity index (χ4n) is 4.22. The van der Waals surface area contributed by atoms with E-state index in [-0.39, 0.29) is 23.5 Å². The number of nitrogens with one attached hydrogen (secondary N) is 1. The van der Waals surface area contributed by atoms with Gasteiger partial charge in [-0.05, 0) is 78.9 Å². The van der Waals surface area contributed by atoms with Gasteiger partial charge in [0.2, 0.25) is 10.0 Å². The predicted molar refractivity (Wildman–Crippen MR) is 137 cm³/mol. The molecule has 1 aliphatic rings. The van der Waals surface area contributed by atoms with Gasteiger partial charge in [-0.2, -0.15) is 0 Å². The molecule has 0 saturated carbocycles. The molecule has 180 valence electrons. The molecule has 0 amide bonds. The highest BCUT2D eigenvalue weighted by atomic mass is 35.5. The van der Waals surface area contributed by atoms with Crippen molar-refractivity contribution in [1.82, 2.24) is 4.72 Å². The van der Waals surface area contributed by atoms with Crippen LogP contribution >= 0.6 is 46.4 Å². The van der Waals surface area contributed by atoms with Crippen LogP contribution in [0, 0.1) is 11.7 Å². The van der Waals surface area contributed by atoms with E-state index in [1.807, 2.05) is 36.4 Å². The summed E-state index contributed by atoms with van der Waals surface area (Å²) in [6, 6.07) is 16.4. The molecule has 0 spiro atoms. The quantitative estimate of drug-likeness (QED) is 0.341. The van der Waals surface area contributed by atoms with Crippen LogP contribution in [-0.2, 0) is 10.0 Å². The molecule has 3 aromatic carbocycles. The van der Waals surface area contributed by atoms with Crippen molar-refractivity contribution in [2.24, 2.45) is 5.92 Å². The monoisotopic (exact) mass is 560 g/mol. The average Bonchev–Trinajstić information content (AvgIpc) is 2.78. The fraction of sp³-hybridized carbons (Fsp3) is 0.250. The maximum absolute atomic E-state index is 14.2. The Morgan fingerprint density at radius 2 is 1.53 bits per heavy atom. The SMILES string of the molecule is O=S(=O)(NCC1CCC(c2ccc(Cl)cc2Cl)N(c2ccc(Cl)cc2)C1)c1ccc(Cl)cc1F. The summed E-state index contributed by atoms with van der Waals surface area (Å²) in [7, 11) is -4.03. The van der Waals surface area contributed by atoms with Gasteiger partial charge < -0.3 is 4.90 Å². The van der Waals surface area contributed by atoms with E-state index in [2.05, 4.69) is 9.62 Å². The van der Waals surface area contributed by atoms with E-state index in [4.69, 9.17) is 46.4 Å². The zero-order valence-corrected chi connectivity index (χ0v) is 21.7. The number of halogens is 5. The molecule has 4 rings (SSSR count). The Morgan fingerprint density at radius 1 is 0.882 bits per heavy atom. The Bertz CT molecular complexity index is 1290. The summed E-state index contributed by atoms with van der Waals surface area (Å²) in [5, 5.41) is 1.89. The minimum Gasteiger partial charge on any atom is -0.364 e. The number of benzene rings is 3. The molecule has 1 aliphatic heterocycles. The third-order valence-electron chi connectivity index (χ3n) is 5.90. The van der Waals surface area contributed by atoms with E-state index in [0.29, 0.717) is 21.6 Å². The van der Waals surface area contributed by atoms with Gasteiger partial charge in [0.25, 0.3) is 0 Å². The minimum absolute atomic E-state index is 0.0110. The molecular weight excluding hydrogens is 541 g/mol. The largest absolute Gasteiger partial charge is 0.364 e. The molecule has 0 aliphatic carbocycles. The second kappa shape index (κ2) is 10.6. The lowest BCUT2D eigenvalue weighted by molar-refractivity contribution is 0.358. The van der Waals surface area contributed by atoms with Crippen molar-refractivity contribution in [3.05, 3.63) is 92.1 Å². The Kier molecular flexibility index (Phi) is 7.97. The molecule has 0 aromatic heterocycles. The van der Waals surface area contributed by atoms with Gasteiger partial charge in [-0.3, -0.25) is 0 Å². The highest BCUT2D eigenvalue weighted by molar-refractivity contribution is 7.89. The van der Waals surface area contributed by atoms with E-state index < -0.39 is 20.7 Å². The number of piperidine rings is 1. The number of rotatable bonds is 6. The Labute approximate surface area is 218 Å². The second-order valence-corrected chi connectivity index (χ2v) is 11.6. The highest BCUT2D eigenvalue weighted by Gasteiger charge is 2.32. The third-order valence-corrected chi connectivity index (χ3v) is 8.41. The first-order valence-corrected chi connectivity index (χ1v) is 13.6. The summed E-state index contributed by atoms with van der Waals surface area (Å²) in [6.07, 6.45) is 1.49. The molecule has 4 nitrogen and oxygen atoms in total. The van der Waals surface area contributed by atoms with E-state index in [9.17, 15) is 12.8 Å². The first kappa shape index (κ1) is 25.5. The highest BCUT2D eigenvalue weighted by Crippen LogP contribution is 2.40. The van der Waals surface area contributed by atoms with E-state index in [0.717, 1.165) is 30.2 Å². The topological polar surface area (TPSA) is 49.4 Å². The predicted octanol–water partition coefficient (Wildman–Crippen LogP) is 7.38. The van der Waals surface area contributed by atoms with Crippen LogP contribution in [0.3, 0.4) is 0 Å². The summed E-state index contributed by atoms with van der Waals surface area (Å²) in [5.74, 6) is -0.896. The third kappa shape index (κ3) is 5.81. The summed E-state index contributed by atoms with van der Waals surface area (Å²) < 4.78 is 42.2. The van der Waals surface area contributed by atoms with Gasteiger partial charge >= 0.3 is 0 Å². The minimum atomic E-state index is -4.03. The van der Waals surface area contributed by atoms with Crippen LogP contribution in [0.15, 0.2) is 65.6 Å². The summed E-state index contributed by atoms with van der Waals surface area (Å²) >= 11 is 24.4. The molecule has 10 heteroatoms. The van der Waals surface area contributed by atoms with Gasteiger partial charge in [-0.25, -0.2) is 17.5 Å². The van der Waals surface area contributed by atoms with Crippen LogP contribution in [0.2, 0.25) is 20.1 Å². The Balaban J connectivity index is 1.55. The van der Waals surface area contributed by atoms with Crippen LogP contribution in [-0.4, -0.2) is 21.5 Å². The Morgan fingerprint density at radius 3 is 2.21 bits per heavy atom. The number of hydrogen-bond acceptors (Lipinski definition) is 3. The van der Waals surface area contributed by atoms with Crippen LogP contribution in [0.25, 0.3) is 0 Å². The molecule has 2 unspecified atom stereocenters. The summed E-state index contributed by atoms with van der Waals surface area (Å²) in [5.41, 5.74) is 1.89. The lowest BCUT2D eigenvalue weighted by Gasteiger charge is -2.42. The average molecular weight is 562 g/mol. The van der Waals surface area contributed by atoms with Crippen molar-refractivity contribution >= 4 is 62.1 Å². The number of hydrogen-bond donors (Lipinski definition) is 1. The van der Waals surface area contributed by atoms with Crippen LogP contribution in [0.1, 0.15) is 24.4 Å². The van der Waals surface area contributed by atoms with Crippen molar-refractivity contribution in [3.63, 3.8) is 0 Å². The van der Waals surface area contributed by atoms with Crippen molar-refractivity contribution in [3.8, 4) is 0 Å². The zero-order chi connectivity index (χ0) is 24.5. The van der Waals surface area contributed by atoms with Crippen LogP contribution in [0.5, 0.6) is 0 Å². The first-order valence-electron chi connectivity index (χ1n) is 10.6. The van der Waals surface area contributed by atoms with Crippen molar-refractivity contribution < 1.29 is 12.8 Å². The smallest absolute Gasteiger partial charge is 0.243 e. The van der Waals surface area contributed by atoms with E-state index in [1.165, 1.54) is 12.1 Å². The maximum atomic E-state index is 14.2. The molecule has 1 fully saturated rings. The van der Waals surface area contributed by atoms with Crippen molar-refractivity contribution in [2.45, 2.75) is 23.8 Å². The molecule has 2 atom stereocenters. The lowest BCUT2D eigenvalue weighted by atomic mass is 9.88. The molecule has 0 radical (unpaired) electrons. The lowest BCUT2D eigenvalue weighted by Crippen LogP contribution is -2.43. The van der Waals surface area contributed by atoms with E-state index >= 15 is 0 Å². The molecule has 0 bridgehead atoms. The number of anilines is 1. The van der Waals surface area contributed by atoms with Crippen LogP contribution < -0.4 is 9.62 Å². The zero-order valence-electron chi connectivity index (χ0n) is 17.8. The normalized spacial score (nSPS) is 18.8. The molecule has 34 heavy (non-hydrogen) atoms. The van der Waals surface area contributed by atoms with E-state index in [1.54, 1.807) is 6.07 Å². The first-order chi connectivity index (χ1) is 16.1. The van der Waals surface area contributed by atoms with Crippen molar-refractivity contribution in [1.29, 1.82) is 0 Å². The molecule has 1 N–H and O–H groups in total. The molecular formula is C24H21Cl4FN2O2S. The second-order valence-electron chi connectivity index (χ2n) is 8.18. The maximum Gasteiger partial charge on any atom is 0.243 e. The van der Waals surface area contributed by atoms with Gasteiger partial charge in [0.15, 0.2) is 0 Å². The summed E-state index contributed by atoms with van der Waals surface area (Å²) in [4.78, 5) is 1.77. The standard InChI is InChI=1S/C24H21Cl4FN2O2S/c25-16-2-6-19(7-3-16)31-14-15(1-9-23(31)20-8-4-17(26)11-21(20)28)13-30-34(32,33)24-10-5-18(27)12-22(24)29/h2-8,10-12,15,23,30H,1,9,13-14H2. The van der Waals surface area contributed by atoms with Crippen molar-refractivity contribution in [2.75, 3.05) is 18.0 Å². The molecule has 1 saturated heterocycles. The van der Waals surface area contributed by atoms with Gasteiger partial charge in [-0.1, -0.05) is 52.5 Å². The summed E-state index contributed by atoms with van der Waals surface area (Å²) in [6.45, 7) is 0.729. The Hall–Kier alpha value is -1.54. The molecule has 3 aromatic rings. The van der Waals surface area contributed by atoms with Gasteiger partial charge in [0.05, 0.1) is 6.04 Å². The van der Waals surface area contributed by atoms with Gasteiger partial charge in [0.1, 0.15) is 10.7 Å². The molecule has 1 heterocycles. The number of nitrogens with zero attached hydrogens (tertiary/aromatic N) is 1. The van der Waals surface area contributed by atoms with Gasteiger partial charge in [-0.15, -0.1) is 0 Å². The van der Waals surface area contributed by atoms with Crippen LogP contribution in [0.4, 0.5) is 10.1 Å².